The molecule has 1 aromatic rings. The number of hydrogen-bond acceptors (Lipinski definition) is 2. The van der Waals surface area contributed by atoms with E-state index in [4.69, 9.17) is 11.5 Å². The third-order valence-corrected chi connectivity index (χ3v) is 1.33. The van der Waals surface area contributed by atoms with Crippen LogP contribution in [-0.2, 0) is 11.2 Å². The number of carbonyl (C=O) groups excluding carboxylic acids is 1. The smallest absolute Gasteiger partial charge is 0.221 e. The number of primary amides is 1. The highest BCUT2D eigenvalue weighted by Crippen LogP contribution is 2.06. The van der Waals surface area contributed by atoms with Crippen LogP contribution in [0.3, 0.4) is 0 Å². The Bertz CT molecular complexity index is 271. The Morgan fingerprint density at radius 3 is 2.73 bits per heavy atom. The SMILES string of the molecule is NC(=O)Cc1cccc(N)c1. The Kier molecular flexibility index (Phi) is 2.11. The van der Waals surface area contributed by atoms with Gasteiger partial charge < -0.3 is 11.5 Å². The van der Waals surface area contributed by atoms with E-state index in [2.05, 4.69) is 0 Å². The van der Waals surface area contributed by atoms with E-state index < -0.39 is 0 Å². The van der Waals surface area contributed by atoms with E-state index in [1.165, 1.54) is 0 Å². The van der Waals surface area contributed by atoms with Crippen molar-refractivity contribution in [3.8, 4) is 0 Å². The van der Waals surface area contributed by atoms with Gasteiger partial charge in [0.25, 0.3) is 0 Å². The number of carbonyl (C=O) groups is 1. The van der Waals surface area contributed by atoms with E-state index in [0.717, 1.165) is 5.56 Å². The molecule has 0 fully saturated rings. The molecule has 0 spiro atoms. The number of anilines is 1. The van der Waals surface area contributed by atoms with Crippen LogP contribution >= 0.6 is 0 Å². The molecular weight excluding hydrogens is 140 g/mol. The maximum Gasteiger partial charge on any atom is 0.221 e. The summed E-state index contributed by atoms with van der Waals surface area (Å²) in [7, 11) is 0. The fraction of sp³-hybridized carbons (Fsp3) is 0.125. The molecule has 0 unspecified atom stereocenters. The molecule has 0 aliphatic carbocycles. The lowest BCUT2D eigenvalue weighted by molar-refractivity contribution is -0.117. The van der Waals surface area contributed by atoms with Gasteiger partial charge in [-0.1, -0.05) is 12.1 Å². The molecule has 1 aromatic carbocycles. The van der Waals surface area contributed by atoms with Gasteiger partial charge in [0.05, 0.1) is 6.42 Å². The van der Waals surface area contributed by atoms with E-state index >= 15 is 0 Å². The van der Waals surface area contributed by atoms with Gasteiger partial charge in [0.15, 0.2) is 0 Å². The first kappa shape index (κ1) is 7.60. The molecule has 0 aliphatic heterocycles. The number of nitrogens with two attached hydrogens (primary N) is 2. The Hall–Kier alpha value is -1.51. The van der Waals surface area contributed by atoms with Crippen molar-refractivity contribution in [2.45, 2.75) is 6.42 Å². The zero-order chi connectivity index (χ0) is 8.27. The van der Waals surface area contributed by atoms with Crippen LogP contribution in [0.1, 0.15) is 5.56 Å². The highest BCUT2D eigenvalue weighted by Gasteiger charge is 1.96. The van der Waals surface area contributed by atoms with Gasteiger partial charge in [-0.2, -0.15) is 0 Å². The minimum Gasteiger partial charge on any atom is -0.399 e. The third kappa shape index (κ3) is 2.29. The van der Waals surface area contributed by atoms with Crippen molar-refractivity contribution >= 4 is 11.6 Å². The zero-order valence-electron chi connectivity index (χ0n) is 6.08. The Labute approximate surface area is 65.0 Å². The first-order valence-electron chi connectivity index (χ1n) is 3.31. The molecule has 3 nitrogen and oxygen atoms in total. The zero-order valence-corrected chi connectivity index (χ0v) is 6.08. The van der Waals surface area contributed by atoms with Gasteiger partial charge in [0.2, 0.25) is 5.91 Å². The van der Waals surface area contributed by atoms with Crippen molar-refractivity contribution in [2.75, 3.05) is 5.73 Å². The fourth-order valence-corrected chi connectivity index (χ4v) is 0.904. The molecule has 58 valence electrons. The summed E-state index contributed by atoms with van der Waals surface area (Å²) in [6.07, 6.45) is 0.255. The monoisotopic (exact) mass is 150 g/mol. The molecule has 0 saturated carbocycles. The molecule has 0 saturated heterocycles. The summed E-state index contributed by atoms with van der Waals surface area (Å²) < 4.78 is 0. The van der Waals surface area contributed by atoms with Gasteiger partial charge in [-0.05, 0) is 17.7 Å². The average molecular weight is 150 g/mol. The molecule has 11 heavy (non-hydrogen) atoms. The summed E-state index contributed by atoms with van der Waals surface area (Å²) in [6, 6.07) is 7.13. The summed E-state index contributed by atoms with van der Waals surface area (Å²) in [4.78, 5) is 10.5. The van der Waals surface area contributed by atoms with E-state index in [1.54, 1.807) is 18.2 Å². The van der Waals surface area contributed by atoms with Crippen molar-refractivity contribution in [1.29, 1.82) is 0 Å². The normalized spacial score (nSPS) is 9.45. The highest BCUT2D eigenvalue weighted by molar-refractivity contribution is 5.76. The van der Waals surface area contributed by atoms with E-state index in [0.29, 0.717) is 5.69 Å². The van der Waals surface area contributed by atoms with Crippen LogP contribution in [0.15, 0.2) is 24.3 Å². The Morgan fingerprint density at radius 1 is 1.45 bits per heavy atom. The molecule has 0 bridgehead atoms. The maximum absolute atomic E-state index is 10.5. The number of hydrogen-bond donors (Lipinski definition) is 2. The summed E-state index contributed by atoms with van der Waals surface area (Å²) in [5.41, 5.74) is 12.0. The summed E-state index contributed by atoms with van der Waals surface area (Å²) >= 11 is 0. The standard InChI is InChI=1S/C8H10N2O/c9-7-3-1-2-6(4-7)5-8(10)11/h1-4H,5,9H2,(H2,10,11). The van der Waals surface area contributed by atoms with Gasteiger partial charge in [-0.3, -0.25) is 4.79 Å². The largest absolute Gasteiger partial charge is 0.399 e. The molecule has 4 N–H and O–H groups in total. The lowest BCUT2D eigenvalue weighted by Gasteiger charge is -1.97. The molecule has 0 atom stereocenters. The first-order valence-corrected chi connectivity index (χ1v) is 3.31. The summed E-state index contributed by atoms with van der Waals surface area (Å²) in [5.74, 6) is -0.337. The number of rotatable bonds is 2. The van der Waals surface area contributed by atoms with Crippen LogP contribution in [-0.4, -0.2) is 5.91 Å². The van der Waals surface area contributed by atoms with Crippen LogP contribution in [0.25, 0.3) is 0 Å². The minimum atomic E-state index is -0.337. The van der Waals surface area contributed by atoms with Crippen LogP contribution in [0, 0.1) is 0 Å². The van der Waals surface area contributed by atoms with Crippen molar-refractivity contribution in [2.24, 2.45) is 5.73 Å². The topological polar surface area (TPSA) is 69.1 Å². The number of amides is 1. The first-order chi connectivity index (χ1) is 5.18. The lowest BCUT2D eigenvalue weighted by Crippen LogP contribution is -2.13. The van der Waals surface area contributed by atoms with Crippen LogP contribution in [0.2, 0.25) is 0 Å². The number of nitrogen functional groups attached to an aromatic ring is 1. The highest BCUT2D eigenvalue weighted by atomic mass is 16.1. The predicted octanol–water partition coefficient (Wildman–Crippen LogP) is 0.297. The molecule has 1 amide bonds. The molecule has 0 radical (unpaired) electrons. The molecule has 0 aliphatic rings. The second kappa shape index (κ2) is 3.05. The third-order valence-electron chi connectivity index (χ3n) is 1.33. The van der Waals surface area contributed by atoms with E-state index in [-0.39, 0.29) is 12.3 Å². The fourth-order valence-electron chi connectivity index (χ4n) is 0.904. The van der Waals surface area contributed by atoms with E-state index in [1.807, 2.05) is 6.07 Å². The second-order valence-electron chi connectivity index (χ2n) is 2.39. The minimum absolute atomic E-state index is 0.255. The molecule has 3 heteroatoms. The molecule has 0 heterocycles. The molecule has 0 aromatic heterocycles. The van der Waals surface area contributed by atoms with Crippen molar-refractivity contribution in [3.63, 3.8) is 0 Å². The van der Waals surface area contributed by atoms with Gasteiger partial charge in [-0.15, -0.1) is 0 Å². The summed E-state index contributed by atoms with van der Waals surface area (Å²) in [5, 5.41) is 0. The van der Waals surface area contributed by atoms with Crippen LogP contribution < -0.4 is 11.5 Å². The molecule has 1 rings (SSSR count). The van der Waals surface area contributed by atoms with E-state index in [9.17, 15) is 4.79 Å². The van der Waals surface area contributed by atoms with Crippen molar-refractivity contribution < 1.29 is 4.79 Å². The predicted molar refractivity (Wildman–Crippen MR) is 43.8 cm³/mol. The van der Waals surface area contributed by atoms with Crippen molar-refractivity contribution in [3.05, 3.63) is 29.8 Å². The number of benzene rings is 1. The van der Waals surface area contributed by atoms with Gasteiger partial charge >= 0.3 is 0 Å². The maximum atomic E-state index is 10.5. The Balaban J connectivity index is 2.79. The van der Waals surface area contributed by atoms with Crippen molar-refractivity contribution in [1.82, 2.24) is 0 Å². The average Bonchev–Trinajstić information content (AvgIpc) is 1.85. The van der Waals surface area contributed by atoms with Gasteiger partial charge in [0.1, 0.15) is 0 Å². The van der Waals surface area contributed by atoms with Gasteiger partial charge in [-0.25, -0.2) is 0 Å². The van der Waals surface area contributed by atoms with Crippen LogP contribution in [0.4, 0.5) is 5.69 Å². The summed E-state index contributed by atoms with van der Waals surface area (Å²) in [6.45, 7) is 0. The van der Waals surface area contributed by atoms with Crippen LogP contribution in [0.5, 0.6) is 0 Å². The quantitative estimate of drug-likeness (QED) is 0.595. The lowest BCUT2D eigenvalue weighted by atomic mass is 10.1. The van der Waals surface area contributed by atoms with Gasteiger partial charge in [0, 0.05) is 5.69 Å². The molecular formula is C8H10N2O. The Morgan fingerprint density at radius 2 is 2.18 bits per heavy atom. The second-order valence-corrected chi connectivity index (χ2v) is 2.39.